The lowest BCUT2D eigenvalue weighted by Gasteiger charge is -2.27. The second-order valence-electron chi connectivity index (χ2n) is 5.04. The van der Waals surface area contributed by atoms with Crippen LogP contribution in [0.5, 0.6) is 0 Å². The van der Waals surface area contributed by atoms with Crippen molar-refractivity contribution in [2.45, 2.75) is 52.2 Å². The molecule has 0 heterocycles. The van der Waals surface area contributed by atoms with Crippen molar-refractivity contribution in [2.75, 3.05) is 19.0 Å². The highest BCUT2D eigenvalue weighted by molar-refractivity contribution is 7.80. The van der Waals surface area contributed by atoms with E-state index in [9.17, 15) is 0 Å². The molecule has 0 bridgehead atoms. The third-order valence-electron chi connectivity index (χ3n) is 1.82. The smallest absolute Gasteiger partial charge is 0.0648 e. The summed E-state index contributed by atoms with van der Waals surface area (Å²) in [4.78, 5) is 0. The van der Waals surface area contributed by atoms with E-state index >= 15 is 0 Å². The van der Waals surface area contributed by atoms with Crippen molar-refractivity contribution in [3.8, 4) is 0 Å². The van der Waals surface area contributed by atoms with E-state index in [0.717, 1.165) is 18.8 Å². The summed E-state index contributed by atoms with van der Waals surface area (Å²) in [5, 5.41) is 0. The van der Waals surface area contributed by atoms with Gasteiger partial charge in [0.1, 0.15) is 0 Å². The molecule has 0 radical (unpaired) electrons. The zero-order valence-electron chi connectivity index (χ0n) is 10.1. The van der Waals surface area contributed by atoms with Crippen molar-refractivity contribution in [2.24, 2.45) is 0 Å². The predicted octanol–water partition coefficient (Wildman–Crippen LogP) is 2.92. The fourth-order valence-electron chi connectivity index (χ4n) is 0.997. The molecule has 0 spiro atoms. The number of thiol groups is 1. The van der Waals surface area contributed by atoms with Gasteiger partial charge in [-0.2, -0.15) is 12.6 Å². The Kier molecular flexibility index (Phi) is 6.10. The predicted molar refractivity (Wildman–Crippen MR) is 64.2 cm³/mol. The van der Waals surface area contributed by atoms with Crippen LogP contribution in [0.4, 0.5) is 0 Å². The van der Waals surface area contributed by atoms with E-state index < -0.39 is 0 Å². The summed E-state index contributed by atoms with van der Waals surface area (Å²) >= 11 is 4.11. The molecule has 0 saturated heterocycles. The van der Waals surface area contributed by atoms with Gasteiger partial charge in [-0.15, -0.1) is 0 Å². The van der Waals surface area contributed by atoms with Crippen LogP contribution in [0.1, 0.15) is 41.0 Å². The van der Waals surface area contributed by atoms with Gasteiger partial charge in [-0.25, -0.2) is 0 Å². The normalized spacial score (nSPS) is 13.3. The van der Waals surface area contributed by atoms with Gasteiger partial charge in [0, 0.05) is 12.4 Å². The van der Waals surface area contributed by atoms with Crippen molar-refractivity contribution in [3.63, 3.8) is 0 Å². The van der Waals surface area contributed by atoms with Crippen LogP contribution < -0.4 is 0 Å². The van der Waals surface area contributed by atoms with Crippen LogP contribution in [-0.4, -0.2) is 30.2 Å². The minimum absolute atomic E-state index is 0.0559. The zero-order valence-corrected chi connectivity index (χ0v) is 11.0. The third kappa shape index (κ3) is 8.85. The van der Waals surface area contributed by atoms with E-state index in [1.54, 1.807) is 0 Å². The van der Waals surface area contributed by atoms with Crippen LogP contribution in [0.2, 0.25) is 0 Å². The monoisotopic (exact) mass is 220 g/mol. The van der Waals surface area contributed by atoms with Gasteiger partial charge in [0.15, 0.2) is 0 Å². The minimum atomic E-state index is -0.103. The van der Waals surface area contributed by atoms with Gasteiger partial charge in [0.25, 0.3) is 0 Å². The SMILES string of the molecule is CC(C)(C)OCCC(C)(C)OCCS. The van der Waals surface area contributed by atoms with Crippen molar-refractivity contribution in [3.05, 3.63) is 0 Å². The molecule has 86 valence electrons. The molecule has 0 aliphatic heterocycles. The first-order valence-corrected chi connectivity index (χ1v) is 5.79. The molecule has 0 fully saturated rings. The standard InChI is InChI=1S/C11H24O2S/c1-10(2,3)12-7-6-11(4,5)13-8-9-14/h14H,6-9H2,1-5H3. The van der Waals surface area contributed by atoms with Gasteiger partial charge < -0.3 is 9.47 Å². The van der Waals surface area contributed by atoms with E-state index in [1.807, 2.05) is 0 Å². The quantitative estimate of drug-likeness (QED) is 0.694. The Morgan fingerprint density at radius 1 is 0.929 bits per heavy atom. The lowest BCUT2D eigenvalue weighted by molar-refractivity contribution is -0.0622. The maximum absolute atomic E-state index is 5.65. The first-order chi connectivity index (χ1) is 6.27. The lowest BCUT2D eigenvalue weighted by atomic mass is 10.1. The maximum Gasteiger partial charge on any atom is 0.0648 e. The first-order valence-electron chi connectivity index (χ1n) is 5.16. The number of rotatable bonds is 6. The Hall–Kier alpha value is 0.270. The molecule has 0 aromatic carbocycles. The molecule has 0 rings (SSSR count). The Morgan fingerprint density at radius 2 is 1.50 bits per heavy atom. The topological polar surface area (TPSA) is 18.5 Å². The van der Waals surface area contributed by atoms with Gasteiger partial charge in [-0.3, -0.25) is 0 Å². The number of hydrogen-bond acceptors (Lipinski definition) is 3. The Balaban J connectivity index is 3.65. The van der Waals surface area contributed by atoms with Crippen LogP contribution in [0, 0.1) is 0 Å². The first kappa shape index (κ1) is 14.3. The van der Waals surface area contributed by atoms with E-state index in [2.05, 4.69) is 47.2 Å². The second-order valence-corrected chi connectivity index (χ2v) is 5.49. The molecule has 0 saturated carbocycles. The average molecular weight is 220 g/mol. The Labute approximate surface area is 93.8 Å². The second kappa shape index (κ2) is 5.99. The zero-order chi connectivity index (χ0) is 11.2. The maximum atomic E-state index is 5.65. The molecule has 0 amide bonds. The molecule has 0 unspecified atom stereocenters. The summed E-state index contributed by atoms with van der Waals surface area (Å²) in [5.74, 6) is 0.767. The lowest BCUT2D eigenvalue weighted by Crippen LogP contribution is -2.29. The molecule has 0 N–H and O–H groups in total. The molecular weight excluding hydrogens is 196 g/mol. The van der Waals surface area contributed by atoms with E-state index in [0.29, 0.717) is 6.61 Å². The van der Waals surface area contributed by atoms with Crippen LogP contribution >= 0.6 is 12.6 Å². The van der Waals surface area contributed by atoms with Crippen LogP contribution in [0.25, 0.3) is 0 Å². The third-order valence-corrected chi connectivity index (χ3v) is 2.01. The van der Waals surface area contributed by atoms with Crippen molar-refractivity contribution < 1.29 is 9.47 Å². The van der Waals surface area contributed by atoms with Crippen LogP contribution in [0.3, 0.4) is 0 Å². The van der Waals surface area contributed by atoms with E-state index in [-0.39, 0.29) is 11.2 Å². The molecule has 2 nitrogen and oxygen atoms in total. The van der Waals surface area contributed by atoms with Gasteiger partial charge >= 0.3 is 0 Å². The minimum Gasteiger partial charge on any atom is -0.376 e. The molecule has 3 heteroatoms. The average Bonchev–Trinajstić information content (AvgIpc) is 1.98. The largest absolute Gasteiger partial charge is 0.376 e. The molecule has 0 aliphatic rings. The van der Waals surface area contributed by atoms with Gasteiger partial charge in [-0.1, -0.05) is 0 Å². The highest BCUT2D eigenvalue weighted by Gasteiger charge is 2.19. The molecule has 0 atom stereocenters. The molecular formula is C11H24O2S. The fourth-order valence-corrected chi connectivity index (χ4v) is 1.09. The molecule has 0 aromatic rings. The fraction of sp³-hybridized carbons (Fsp3) is 1.00. The summed E-state index contributed by atoms with van der Waals surface area (Å²) in [5.41, 5.74) is -0.159. The summed E-state index contributed by atoms with van der Waals surface area (Å²) in [6.07, 6.45) is 0.915. The molecule has 14 heavy (non-hydrogen) atoms. The van der Waals surface area contributed by atoms with E-state index in [1.165, 1.54) is 0 Å². The van der Waals surface area contributed by atoms with Crippen molar-refractivity contribution in [1.29, 1.82) is 0 Å². The van der Waals surface area contributed by atoms with Crippen LogP contribution in [0.15, 0.2) is 0 Å². The van der Waals surface area contributed by atoms with Gasteiger partial charge in [0.05, 0.1) is 17.8 Å². The van der Waals surface area contributed by atoms with Gasteiger partial charge in [0.2, 0.25) is 0 Å². The molecule has 0 aromatic heterocycles. The summed E-state index contributed by atoms with van der Waals surface area (Å²) in [6.45, 7) is 11.8. The van der Waals surface area contributed by atoms with Crippen molar-refractivity contribution in [1.82, 2.24) is 0 Å². The highest BCUT2D eigenvalue weighted by Crippen LogP contribution is 2.16. The van der Waals surface area contributed by atoms with Gasteiger partial charge in [-0.05, 0) is 41.0 Å². The van der Waals surface area contributed by atoms with Crippen LogP contribution in [-0.2, 0) is 9.47 Å². The van der Waals surface area contributed by atoms with Crippen molar-refractivity contribution >= 4 is 12.6 Å². The van der Waals surface area contributed by atoms with E-state index in [4.69, 9.17) is 9.47 Å². The molecule has 0 aliphatic carbocycles. The Bertz CT molecular complexity index is 150. The summed E-state index contributed by atoms with van der Waals surface area (Å²) in [6, 6.07) is 0. The highest BCUT2D eigenvalue weighted by atomic mass is 32.1. The summed E-state index contributed by atoms with van der Waals surface area (Å²) < 4.78 is 11.3. The number of hydrogen-bond donors (Lipinski definition) is 1. The summed E-state index contributed by atoms with van der Waals surface area (Å²) in [7, 11) is 0. The number of ether oxygens (including phenoxy) is 2. The Morgan fingerprint density at radius 3 is 1.93 bits per heavy atom.